The molecule has 0 saturated carbocycles. The molecule has 30 heavy (non-hydrogen) atoms. The molecule has 4 rings (SSSR count). The summed E-state index contributed by atoms with van der Waals surface area (Å²) < 4.78 is 65.6. The van der Waals surface area contributed by atoms with Gasteiger partial charge in [-0.1, -0.05) is 12.5 Å². The normalized spacial score (nSPS) is 19.7. The molecule has 1 atom stereocenters. The van der Waals surface area contributed by atoms with Crippen molar-refractivity contribution in [1.29, 1.82) is 0 Å². The Morgan fingerprint density at radius 2 is 1.67 bits per heavy atom. The van der Waals surface area contributed by atoms with Gasteiger partial charge in [-0.2, -0.15) is 4.31 Å². The lowest BCUT2D eigenvalue weighted by atomic mass is 10.1. The molecule has 8 nitrogen and oxygen atoms in total. The number of benzene rings is 2. The second kappa shape index (κ2) is 8.18. The van der Waals surface area contributed by atoms with Crippen molar-refractivity contribution in [3.63, 3.8) is 0 Å². The number of piperidine rings is 1. The monoisotopic (exact) mass is 452 g/mol. The summed E-state index contributed by atoms with van der Waals surface area (Å²) in [5, 5.41) is 0. The van der Waals surface area contributed by atoms with Crippen LogP contribution in [0.15, 0.2) is 52.3 Å². The van der Waals surface area contributed by atoms with Gasteiger partial charge in [0.25, 0.3) is 0 Å². The third-order valence-corrected chi connectivity index (χ3v) is 8.83. The van der Waals surface area contributed by atoms with E-state index in [2.05, 4.69) is 4.72 Å². The Balaban J connectivity index is 1.47. The molecule has 10 heteroatoms. The first-order valence-electron chi connectivity index (χ1n) is 9.77. The second-order valence-electron chi connectivity index (χ2n) is 7.44. The van der Waals surface area contributed by atoms with Crippen molar-refractivity contribution in [3.05, 3.63) is 48.0 Å². The molecular weight excluding hydrogens is 428 g/mol. The topological polar surface area (TPSA) is 102 Å². The molecule has 162 valence electrons. The smallest absolute Gasteiger partial charge is 0.243 e. The van der Waals surface area contributed by atoms with Crippen molar-refractivity contribution in [3.8, 4) is 11.5 Å². The minimum Gasteiger partial charge on any atom is -0.454 e. The van der Waals surface area contributed by atoms with E-state index >= 15 is 0 Å². The van der Waals surface area contributed by atoms with Gasteiger partial charge in [-0.3, -0.25) is 0 Å². The maximum Gasteiger partial charge on any atom is 0.243 e. The van der Waals surface area contributed by atoms with Gasteiger partial charge in [0.1, 0.15) is 0 Å². The first kappa shape index (κ1) is 21.1. The quantitative estimate of drug-likeness (QED) is 0.722. The minimum atomic E-state index is -3.80. The molecule has 0 radical (unpaired) electrons. The van der Waals surface area contributed by atoms with Gasteiger partial charge in [0.15, 0.2) is 11.5 Å². The fourth-order valence-electron chi connectivity index (χ4n) is 3.67. The summed E-state index contributed by atoms with van der Waals surface area (Å²) in [6.45, 7) is 2.61. The Morgan fingerprint density at radius 1 is 0.967 bits per heavy atom. The summed E-state index contributed by atoms with van der Waals surface area (Å²) in [5.74, 6) is 1.20. The number of fused-ring (bicyclic) bond motifs is 1. The highest BCUT2D eigenvalue weighted by molar-refractivity contribution is 7.89. The van der Waals surface area contributed by atoms with Crippen molar-refractivity contribution in [2.24, 2.45) is 0 Å². The Labute approximate surface area is 176 Å². The van der Waals surface area contributed by atoms with Gasteiger partial charge in [-0.15, -0.1) is 0 Å². The van der Waals surface area contributed by atoms with E-state index in [1.165, 1.54) is 28.6 Å². The highest BCUT2D eigenvalue weighted by Gasteiger charge is 2.31. The number of hydrogen-bond acceptors (Lipinski definition) is 6. The van der Waals surface area contributed by atoms with Crippen molar-refractivity contribution in [1.82, 2.24) is 9.03 Å². The van der Waals surface area contributed by atoms with Crippen LogP contribution in [0, 0.1) is 0 Å². The second-order valence-corrected chi connectivity index (χ2v) is 11.1. The molecule has 0 amide bonds. The SMILES string of the molecule is C[C@@H]1CCCCN1S(=O)(=O)c1ccc(S(=O)(=O)NCc2ccc3c(c2)OCO3)cc1. The van der Waals surface area contributed by atoms with E-state index in [9.17, 15) is 16.8 Å². The van der Waals surface area contributed by atoms with E-state index in [0.29, 0.717) is 18.0 Å². The van der Waals surface area contributed by atoms with Crippen LogP contribution in [0.3, 0.4) is 0 Å². The number of rotatable bonds is 6. The molecular formula is C20H24N2O6S2. The molecule has 0 unspecified atom stereocenters. The standard InChI is InChI=1S/C20H24N2O6S2/c1-15-4-2-3-11-22(15)30(25,26)18-8-6-17(7-9-18)29(23,24)21-13-16-5-10-19-20(12-16)28-14-27-19/h5-10,12,15,21H,2-4,11,13-14H2,1H3/t15-/m1/s1. The lowest BCUT2D eigenvalue weighted by molar-refractivity contribution is 0.174. The molecule has 2 aromatic carbocycles. The third kappa shape index (κ3) is 4.18. The zero-order valence-corrected chi connectivity index (χ0v) is 18.2. The number of hydrogen-bond donors (Lipinski definition) is 1. The fourth-order valence-corrected chi connectivity index (χ4v) is 6.38. The first-order chi connectivity index (χ1) is 14.3. The van der Waals surface area contributed by atoms with Crippen LogP contribution in [-0.2, 0) is 26.6 Å². The zero-order valence-electron chi connectivity index (χ0n) is 16.6. The number of ether oxygens (including phenoxy) is 2. The Hall–Kier alpha value is -2.14. The molecule has 1 fully saturated rings. The molecule has 0 aromatic heterocycles. The number of sulfonamides is 2. The van der Waals surface area contributed by atoms with E-state index in [4.69, 9.17) is 9.47 Å². The van der Waals surface area contributed by atoms with Crippen molar-refractivity contribution in [2.75, 3.05) is 13.3 Å². The summed E-state index contributed by atoms with van der Waals surface area (Å²) in [6, 6.07) is 10.5. The maximum atomic E-state index is 12.9. The van der Waals surface area contributed by atoms with Gasteiger partial charge < -0.3 is 9.47 Å². The van der Waals surface area contributed by atoms with Crippen molar-refractivity contribution in [2.45, 2.75) is 48.6 Å². The van der Waals surface area contributed by atoms with Gasteiger partial charge in [0.2, 0.25) is 26.8 Å². The molecule has 0 bridgehead atoms. The minimum absolute atomic E-state index is 0.00823. The van der Waals surface area contributed by atoms with Crippen LogP contribution in [0.4, 0.5) is 0 Å². The maximum absolute atomic E-state index is 12.9. The van der Waals surface area contributed by atoms with Gasteiger partial charge >= 0.3 is 0 Å². The molecule has 0 aliphatic carbocycles. The summed E-state index contributed by atoms with van der Waals surface area (Å²) in [5.41, 5.74) is 0.723. The van der Waals surface area contributed by atoms with Gasteiger partial charge in [0.05, 0.1) is 9.79 Å². The van der Waals surface area contributed by atoms with E-state index in [1.807, 2.05) is 6.92 Å². The summed E-state index contributed by atoms with van der Waals surface area (Å²) in [7, 11) is -7.44. The summed E-state index contributed by atoms with van der Waals surface area (Å²) >= 11 is 0. The molecule has 2 aromatic rings. The predicted molar refractivity (Wildman–Crippen MR) is 110 cm³/mol. The Morgan fingerprint density at radius 3 is 2.40 bits per heavy atom. The highest BCUT2D eigenvalue weighted by atomic mass is 32.2. The van der Waals surface area contributed by atoms with Gasteiger partial charge in [-0.25, -0.2) is 21.6 Å². The van der Waals surface area contributed by atoms with E-state index in [1.54, 1.807) is 18.2 Å². The number of nitrogens with zero attached hydrogens (tertiary/aromatic N) is 1. The Bertz CT molecular complexity index is 1130. The zero-order chi connectivity index (χ0) is 21.4. The fraction of sp³-hybridized carbons (Fsp3) is 0.400. The first-order valence-corrected chi connectivity index (χ1v) is 12.7. The lowest BCUT2D eigenvalue weighted by Gasteiger charge is -2.32. The van der Waals surface area contributed by atoms with Gasteiger partial charge in [-0.05, 0) is 61.7 Å². The molecule has 1 N–H and O–H groups in total. The summed E-state index contributed by atoms with van der Waals surface area (Å²) in [4.78, 5) is 0.111. The van der Waals surface area contributed by atoms with E-state index in [-0.39, 0.29) is 29.2 Å². The van der Waals surface area contributed by atoms with Crippen molar-refractivity contribution < 1.29 is 26.3 Å². The van der Waals surface area contributed by atoms with Crippen LogP contribution in [0.25, 0.3) is 0 Å². The average molecular weight is 453 g/mol. The van der Waals surface area contributed by atoms with Crippen LogP contribution in [-0.4, -0.2) is 40.5 Å². The molecule has 2 heterocycles. The van der Waals surface area contributed by atoms with Crippen LogP contribution in [0.5, 0.6) is 11.5 Å². The van der Waals surface area contributed by atoms with Crippen LogP contribution in [0.1, 0.15) is 31.7 Å². The molecule has 1 saturated heterocycles. The third-order valence-electron chi connectivity index (χ3n) is 5.39. The molecule has 2 aliphatic rings. The predicted octanol–water partition coefficient (Wildman–Crippen LogP) is 2.46. The average Bonchev–Trinajstić information content (AvgIpc) is 3.20. The largest absolute Gasteiger partial charge is 0.454 e. The van der Waals surface area contributed by atoms with Crippen LogP contribution in [0.2, 0.25) is 0 Å². The number of nitrogens with one attached hydrogen (secondary N) is 1. The molecule has 2 aliphatic heterocycles. The summed E-state index contributed by atoms with van der Waals surface area (Å²) in [6.07, 6.45) is 2.68. The van der Waals surface area contributed by atoms with Crippen molar-refractivity contribution >= 4 is 20.0 Å². The Kier molecular flexibility index (Phi) is 5.75. The van der Waals surface area contributed by atoms with E-state index in [0.717, 1.165) is 24.8 Å². The van der Waals surface area contributed by atoms with Gasteiger partial charge in [0, 0.05) is 19.1 Å². The van der Waals surface area contributed by atoms with Crippen LogP contribution >= 0.6 is 0 Å². The molecule has 0 spiro atoms. The van der Waals surface area contributed by atoms with Crippen LogP contribution < -0.4 is 14.2 Å². The van der Waals surface area contributed by atoms with E-state index < -0.39 is 20.0 Å². The lowest BCUT2D eigenvalue weighted by Crippen LogP contribution is -2.41. The highest BCUT2D eigenvalue weighted by Crippen LogP contribution is 2.32.